The molecule has 2 atom stereocenters. The average molecular weight is 268 g/mol. The van der Waals surface area contributed by atoms with Crippen LogP contribution < -0.4 is 5.73 Å². The standard InChI is InChI=1S/C10H15F3N2O3/c1-9(14,10(11,12)13)8(17)15-5-3-4-6(15)7(16)18-2/h6H,3-5,14H2,1-2H3. The molecule has 0 radical (unpaired) electrons. The fraction of sp³-hybridized carbons (Fsp3) is 0.800. The van der Waals surface area contributed by atoms with E-state index in [2.05, 4.69) is 4.74 Å². The van der Waals surface area contributed by atoms with Crippen LogP contribution in [0, 0.1) is 0 Å². The van der Waals surface area contributed by atoms with Gasteiger partial charge in [0.2, 0.25) is 0 Å². The number of rotatable bonds is 2. The third-order valence-electron chi connectivity index (χ3n) is 3.02. The van der Waals surface area contributed by atoms with Crippen LogP contribution in [0.1, 0.15) is 19.8 Å². The van der Waals surface area contributed by atoms with E-state index >= 15 is 0 Å². The molecule has 2 unspecified atom stereocenters. The number of methoxy groups -OCH3 is 1. The number of carbonyl (C=O) groups excluding carboxylic acids is 2. The molecule has 104 valence electrons. The van der Waals surface area contributed by atoms with E-state index < -0.39 is 29.6 Å². The van der Waals surface area contributed by atoms with Crippen molar-refractivity contribution < 1.29 is 27.5 Å². The van der Waals surface area contributed by atoms with Crippen LogP contribution in [0.15, 0.2) is 0 Å². The maximum atomic E-state index is 12.7. The molecule has 1 aliphatic heterocycles. The number of hydrogen-bond donors (Lipinski definition) is 1. The van der Waals surface area contributed by atoms with Gasteiger partial charge in [0.1, 0.15) is 6.04 Å². The molecule has 0 aromatic rings. The smallest absolute Gasteiger partial charge is 0.415 e. The second-order valence-corrected chi connectivity index (χ2v) is 4.38. The maximum absolute atomic E-state index is 12.7. The fourth-order valence-corrected chi connectivity index (χ4v) is 1.81. The molecule has 1 fully saturated rings. The van der Waals surface area contributed by atoms with E-state index in [-0.39, 0.29) is 13.0 Å². The summed E-state index contributed by atoms with van der Waals surface area (Å²) in [6, 6.07) is -0.979. The molecule has 18 heavy (non-hydrogen) atoms. The molecule has 0 aromatic heterocycles. The van der Waals surface area contributed by atoms with Crippen LogP contribution in [0.2, 0.25) is 0 Å². The molecule has 5 nitrogen and oxygen atoms in total. The van der Waals surface area contributed by atoms with Crippen molar-refractivity contribution in [2.45, 2.75) is 37.5 Å². The highest BCUT2D eigenvalue weighted by Crippen LogP contribution is 2.32. The third-order valence-corrected chi connectivity index (χ3v) is 3.02. The second kappa shape index (κ2) is 4.75. The zero-order chi connectivity index (χ0) is 14.1. The Morgan fingerprint density at radius 2 is 1.94 bits per heavy atom. The number of carbonyl (C=O) groups is 2. The number of nitrogens with zero attached hydrogens (tertiary/aromatic N) is 1. The normalized spacial score (nSPS) is 23.7. The number of halogens is 3. The summed E-state index contributed by atoms with van der Waals surface area (Å²) < 4.78 is 42.4. The lowest BCUT2D eigenvalue weighted by molar-refractivity contribution is -0.195. The minimum absolute atomic E-state index is 0.0709. The van der Waals surface area contributed by atoms with E-state index in [0.717, 1.165) is 12.0 Å². The molecule has 0 saturated carbocycles. The van der Waals surface area contributed by atoms with Crippen LogP contribution in [0.5, 0.6) is 0 Å². The minimum atomic E-state index is -4.87. The number of likely N-dealkylation sites (tertiary alicyclic amines) is 1. The first-order valence-corrected chi connectivity index (χ1v) is 5.37. The van der Waals surface area contributed by atoms with Crippen molar-refractivity contribution in [1.82, 2.24) is 4.90 Å². The van der Waals surface area contributed by atoms with Gasteiger partial charge < -0.3 is 15.4 Å². The summed E-state index contributed by atoms with van der Waals surface area (Å²) in [4.78, 5) is 24.0. The van der Waals surface area contributed by atoms with Crippen molar-refractivity contribution in [3.8, 4) is 0 Å². The highest BCUT2D eigenvalue weighted by Gasteiger charge is 2.57. The van der Waals surface area contributed by atoms with Gasteiger partial charge in [-0.15, -0.1) is 0 Å². The van der Waals surface area contributed by atoms with Crippen LogP contribution >= 0.6 is 0 Å². The Labute approximate surface area is 102 Å². The molecule has 2 N–H and O–H groups in total. The first kappa shape index (κ1) is 14.7. The first-order valence-electron chi connectivity index (χ1n) is 5.37. The zero-order valence-electron chi connectivity index (χ0n) is 10.1. The highest BCUT2D eigenvalue weighted by atomic mass is 19.4. The van der Waals surface area contributed by atoms with Gasteiger partial charge in [-0.05, 0) is 19.8 Å². The van der Waals surface area contributed by atoms with Gasteiger partial charge in [-0.2, -0.15) is 13.2 Å². The highest BCUT2D eigenvalue weighted by molar-refractivity contribution is 5.91. The van der Waals surface area contributed by atoms with E-state index in [1.165, 1.54) is 0 Å². The molecule has 1 saturated heterocycles. The Hall–Kier alpha value is -1.31. The van der Waals surface area contributed by atoms with Crippen LogP contribution in [0.3, 0.4) is 0 Å². The molecular weight excluding hydrogens is 253 g/mol. The van der Waals surface area contributed by atoms with Gasteiger partial charge in [0, 0.05) is 6.54 Å². The van der Waals surface area contributed by atoms with Crippen molar-refractivity contribution in [3.63, 3.8) is 0 Å². The summed E-state index contributed by atoms with van der Waals surface area (Å²) >= 11 is 0. The Kier molecular flexibility index (Phi) is 3.89. The van der Waals surface area contributed by atoms with Gasteiger partial charge in [-0.3, -0.25) is 4.79 Å². The van der Waals surface area contributed by atoms with Crippen LogP contribution in [0.4, 0.5) is 13.2 Å². The monoisotopic (exact) mass is 268 g/mol. The summed E-state index contributed by atoms with van der Waals surface area (Å²) in [5.41, 5.74) is 2.06. The lowest BCUT2D eigenvalue weighted by atomic mass is 10.0. The predicted molar refractivity (Wildman–Crippen MR) is 55.4 cm³/mol. The third kappa shape index (κ3) is 2.43. The maximum Gasteiger partial charge on any atom is 0.415 e. The Morgan fingerprint density at radius 3 is 2.39 bits per heavy atom. The first-order chi connectivity index (χ1) is 8.13. The summed E-state index contributed by atoms with van der Waals surface area (Å²) in [6.07, 6.45) is -4.14. The van der Waals surface area contributed by atoms with Crippen LogP contribution in [-0.4, -0.2) is 48.2 Å². The molecule has 1 amide bonds. The Balaban J connectivity index is 2.93. The molecule has 1 aliphatic rings. The summed E-state index contributed by atoms with van der Waals surface area (Å²) in [5.74, 6) is -2.03. The Morgan fingerprint density at radius 1 is 1.39 bits per heavy atom. The van der Waals surface area contributed by atoms with Gasteiger partial charge in [-0.25, -0.2) is 4.79 Å². The largest absolute Gasteiger partial charge is 0.467 e. The van der Waals surface area contributed by atoms with Gasteiger partial charge >= 0.3 is 12.1 Å². The SMILES string of the molecule is COC(=O)C1CCCN1C(=O)C(C)(N)C(F)(F)F. The topological polar surface area (TPSA) is 72.6 Å². The predicted octanol–water partition coefficient (Wildman–Crippen LogP) is 0.430. The fourth-order valence-electron chi connectivity index (χ4n) is 1.81. The number of esters is 1. The van der Waals surface area contributed by atoms with Crippen molar-refractivity contribution >= 4 is 11.9 Å². The average Bonchev–Trinajstić information content (AvgIpc) is 2.73. The van der Waals surface area contributed by atoms with E-state index in [4.69, 9.17) is 5.73 Å². The molecule has 1 heterocycles. The molecule has 0 spiro atoms. The van der Waals surface area contributed by atoms with Crippen molar-refractivity contribution in [2.75, 3.05) is 13.7 Å². The summed E-state index contributed by atoms with van der Waals surface area (Å²) in [5, 5.41) is 0. The van der Waals surface area contributed by atoms with Crippen molar-refractivity contribution in [2.24, 2.45) is 5.73 Å². The Bertz CT molecular complexity index is 355. The molecule has 1 rings (SSSR count). The van der Waals surface area contributed by atoms with E-state index in [9.17, 15) is 22.8 Å². The quantitative estimate of drug-likeness (QED) is 0.737. The number of ether oxygens (including phenoxy) is 1. The van der Waals surface area contributed by atoms with Crippen LogP contribution in [-0.2, 0) is 14.3 Å². The summed E-state index contributed by atoms with van der Waals surface area (Å²) in [7, 11) is 1.12. The van der Waals surface area contributed by atoms with E-state index in [1.54, 1.807) is 0 Å². The van der Waals surface area contributed by atoms with Crippen molar-refractivity contribution in [3.05, 3.63) is 0 Å². The van der Waals surface area contributed by atoms with Gasteiger partial charge in [-0.1, -0.05) is 0 Å². The van der Waals surface area contributed by atoms with Gasteiger partial charge in [0.15, 0.2) is 5.54 Å². The number of hydrogen-bond acceptors (Lipinski definition) is 4. The number of amides is 1. The lowest BCUT2D eigenvalue weighted by Crippen LogP contribution is -2.63. The number of nitrogens with two attached hydrogens (primary N) is 1. The molecule has 8 heteroatoms. The van der Waals surface area contributed by atoms with Gasteiger partial charge in [0.25, 0.3) is 5.91 Å². The minimum Gasteiger partial charge on any atom is -0.467 e. The lowest BCUT2D eigenvalue weighted by Gasteiger charge is -2.33. The molecular formula is C10H15F3N2O3. The van der Waals surface area contributed by atoms with E-state index in [1.807, 2.05) is 0 Å². The molecule has 0 bridgehead atoms. The summed E-state index contributed by atoms with van der Waals surface area (Å²) in [6.45, 7) is 0.670. The zero-order valence-corrected chi connectivity index (χ0v) is 10.1. The van der Waals surface area contributed by atoms with Gasteiger partial charge in [0.05, 0.1) is 7.11 Å². The second-order valence-electron chi connectivity index (χ2n) is 4.38. The molecule has 0 aromatic carbocycles. The van der Waals surface area contributed by atoms with Crippen molar-refractivity contribution in [1.29, 1.82) is 0 Å². The van der Waals surface area contributed by atoms with E-state index in [0.29, 0.717) is 13.3 Å². The van der Waals surface area contributed by atoms with Crippen LogP contribution in [0.25, 0.3) is 0 Å². The number of alkyl halides is 3. The molecule has 0 aliphatic carbocycles.